The lowest BCUT2D eigenvalue weighted by Gasteiger charge is -2.25. The third-order valence-electron chi connectivity index (χ3n) is 3.79. The molecule has 2 aromatic rings. The fourth-order valence-electron chi connectivity index (χ4n) is 2.73. The molecule has 28 heavy (non-hydrogen) atoms. The largest absolute Gasteiger partial charge is 0.493 e. The van der Waals surface area contributed by atoms with E-state index >= 15 is 0 Å². The summed E-state index contributed by atoms with van der Waals surface area (Å²) in [6.45, 7) is 4.94. The Morgan fingerprint density at radius 2 is 1.86 bits per heavy atom. The minimum absolute atomic E-state index is 0.0990. The first kappa shape index (κ1) is 22.2. The van der Waals surface area contributed by atoms with Crippen LogP contribution in [0.2, 0.25) is 0 Å². The quantitative estimate of drug-likeness (QED) is 0.544. The molecule has 0 radical (unpaired) electrons. The molecule has 0 saturated carbocycles. The Morgan fingerprint density at radius 3 is 2.43 bits per heavy atom. The van der Waals surface area contributed by atoms with Crippen molar-refractivity contribution in [3.8, 4) is 11.5 Å². The Bertz CT molecular complexity index is 943. The van der Waals surface area contributed by atoms with E-state index < -0.39 is 10.1 Å². The first-order valence-corrected chi connectivity index (χ1v) is 11.3. The number of hydrogen-bond acceptors (Lipinski definition) is 5. The van der Waals surface area contributed by atoms with E-state index in [9.17, 15) is 13.2 Å². The normalized spacial score (nSPS) is 11.4. The van der Waals surface area contributed by atoms with Crippen LogP contribution in [0.15, 0.2) is 46.9 Å². The van der Waals surface area contributed by atoms with Crippen LogP contribution < -0.4 is 8.92 Å². The van der Waals surface area contributed by atoms with E-state index in [4.69, 9.17) is 8.92 Å². The van der Waals surface area contributed by atoms with Gasteiger partial charge in [-0.1, -0.05) is 41.9 Å². The molecule has 0 unspecified atom stereocenters. The van der Waals surface area contributed by atoms with Crippen LogP contribution in [0.3, 0.4) is 0 Å². The van der Waals surface area contributed by atoms with Gasteiger partial charge in [0.25, 0.3) is 5.91 Å². The molecule has 0 N–H and O–H groups in total. The molecule has 0 aliphatic carbocycles. The van der Waals surface area contributed by atoms with Gasteiger partial charge >= 0.3 is 10.1 Å². The second kappa shape index (κ2) is 9.43. The molecular weight excluding hydrogens is 446 g/mol. The van der Waals surface area contributed by atoms with Gasteiger partial charge in [0.2, 0.25) is 0 Å². The van der Waals surface area contributed by atoms with Crippen LogP contribution in [0, 0.1) is 5.92 Å². The molecule has 0 atom stereocenters. The number of amides is 1. The van der Waals surface area contributed by atoms with Gasteiger partial charge in [0.05, 0.1) is 13.4 Å². The van der Waals surface area contributed by atoms with Gasteiger partial charge in [0, 0.05) is 23.1 Å². The summed E-state index contributed by atoms with van der Waals surface area (Å²) in [6.07, 6.45) is 0.973. The van der Waals surface area contributed by atoms with Gasteiger partial charge in [-0.25, -0.2) is 0 Å². The SMILES string of the molecule is COc1ccc(CN(CC(C)C)C(=O)c2cccc(Br)c2)cc1OS(C)(=O)=O. The molecule has 1 amide bonds. The van der Waals surface area contributed by atoms with E-state index in [-0.39, 0.29) is 17.6 Å². The van der Waals surface area contributed by atoms with E-state index in [1.54, 1.807) is 35.2 Å². The Hall–Kier alpha value is -2.06. The molecule has 0 spiro atoms. The monoisotopic (exact) mass is 469 g/mol. The average Bonchev–Trinajstić information content (AvgIpc) is 2.59. The lowest BCUT2D eigenvalue weighted by atomic mass is 10.1. The third-order valence-corrected chi connectivity index (χ3v) is 4.76. The first-order valence-electron chi connectivity index (χ1n) is 8.70. The Balaban J connectivity index is 2.34. The minimum atomic E-state index is -3.70. The van der Waals surface area contributed by atoms with Gasteiger partial charge < -0.3 is 13.8 Å². The second-order valence-electron chi connectivity index (χ2n) is 6.86. The third kappa shape index (κ3) is 6.53. The second-order valence-corrected chi connectivity index (χ2v) is 9.35. The minimum Gasteiger partial charge on any atom is -0.493 e. The van der Waals surface area contributed by atoms with E-state index in [1.165, 1.54) is 7.11 Å². The topological polar surface area (TPSA) is 72.9 Å². The summed E-state index contributed by atoms with van der Waals surface area (Å²) >= 11 is 3.39. The highest BCUT2D eigenvalue weighted by Gasteiger charge is 2.19. The lowest BCUT2D eigenvalue weighted by molar-refractivity contribution is 0.0722. The summed E-state index contributed by atoms with van der Waals surface area (Å²) in [6, 6.07) is 12.2. The van der Waals surface area contributed by atoms with E-state index in [2.05, 4.69) is 15.9 Å². The zero-order valence-electron chi connectivity index (χ0n) is 16.3. The van der Waals surface area contributed by atoms with Crippen molar-refractivity contribution in [2.45, 2.75) is 20.4 Å². The average molecular weight is 470 g/mol. The van der Waals surface area contributed by atoms with Gasteiger partial charge in [0.1, 0.15) is 0 Å². The molecule has 8 heteroatoms. The fourth-order valence-corrected chi connectivity index (χ4v) is 3.59. The van der Waals surface area contributed by atoms with Crippen LogP contribution in [0.4, 0.5) is 0 Å². The maximum absolute atomic E-state index is 13.0. The van der Waals surface area contributed by atoms with Crippen molar-refractivity contribution in [1.82, 2.24) is 4.90 Å². The molecule has 0 aromatic heterocycles. The van der Waals surface area contributed by atoms with Gasteiger partial charge in [-0.2, -0.15) is 8.42 Å². The molecule has 0 aliphatic rings. The van der Waals surface area contributed by atoms with Crippen molar-refractivity contribution in [3.05, 3.63) is 58.1 Å². The van der Waals surface area contributed by atoms with Crippen LogP contribution in [-0.2, 0) is 16.7 Å². The zero-order chi connectivity index (χ0) is 20.9. The molecule has 0 bridgehead atoms. The number of ether oxygens (including phenoxy) is 1. The summed E-state index contributed by atoms with van der Waals surface area (Å²) in [5.74, 6) is 0.572. The van der Waals surface area contributed by atoms with E-state index in [0.29, 0.717) is 24.4 Å². The van der Waals surface area contributed by atoms with Crippen molar-refractivity contribution < 1.29 is 22.1 Å². The van der Waals surface area contributed by atoms with Crippen molar-refractivity contribution >= 4 is 32.0 Å². The van der Waals surface area contributed by atoms with Gasteiger partial charge in [-0.05, 0) is 41.8 Å². The van der Waals surface area contributed by atoms with Crippen LogP contribution in [0.25, 0.3) is 0 Å². The van der Waals surface area contributed by atoms with Crippen molar-refractivity contribution in [1.29, 1.82) is 0 Å². The number of carbonyl (C=O) groups is 1. The molecule has 0 aliphatic heterocycles. The molecule has 0 heterocycles. The van der Waals surface area contributed by atoms with Crippen molar-refractivity contribution in [3.63, 3.8) is 0 Å². The van der Waals surface area contributed by atoms with E-state index in [0.717, 1.165) is 16.3 Å². The van der Waals surface area contributed by atoms with Gasteiger partial charge in [-0.3, -0.25) is 4.79 Å². The van der Waals surface area contributed by atoms with Gasteiger partial charge in [0.15, 0.2) is 11.5 Å². The van der Waals surface area contributed by atoms with Crippen LogP contribution in [-0.4, -0.2) is 39.1 Å². The summed E-state index contributed by atoms with van der Waals surface area (Å²) in [5.41, 5.74) is 1.32. The lowest BCUT2D eigenvalue weighted by Crippen LogP contribution is -2.33. The highest BCUT2D eigenvalue weighted by molar-refractivity contribution is 9.10. The van der Waals surface area contributed by atoms with Crippen molar-refractivity contribution in [2.75, 3.05) is 19.9 Å². The first-order chi connectivity index (χ1) is 13.1. The molecule has 0 saturated heterocycles. The number of halogens is 1. The number of hydrogen-bond donors (Lipinski definition) is 0. The van der Waals surface area contributed by atoms with E-state index in [1.807, 2.05) is 26.0 Å². The van der Waals surface area contributed by atoms with Crippen LogP contribution >= 0.6 is 15.9 Å². The van der Waals surface area contributed by atoms with Gasteiger partial charge in [-0.15, -0.1) is 0 Å². The Morgan fingerprint density at radius 1 is 1.14 bits per heavy atom. The predicted molar refractivity (Wildman–Crippen MR) is 112 cm³/mol. The zero-order valence-corrected chi connectivity index (χ0v) is 18.7. The highest BCUT2D eigenvalue weighted by Crippen LogP contribution is 2.30. The standard InChI is InChI=1S/C20H24BrNO5S/c1-14(2)12-22(20(23)16-6-5-7-17(21)11-16)13-15-8-9-18(26-3)19(10-15)27-28(4,24)25/h5-11,14H,12-13H2,1-4H3. The summed E-state index contributed by atoms with van der Waals surface area (Å²) in [7, 11) is -2.27. The van der Waals surface area contributed by atoms with Crippen LogP contribution in [0.5, 0.6) is 11.5 Å². The smallest absolute Gasteiger partial charge is 0.306 e. The number of rotatable bonds is 8. The molecular formula is C20H24BrNO5S. The summed E-state index contributed by atoms with van der Waals surface area (Å²) in [4.78, 5) is 14.8. The fraction of sp³-hybridized carbons (Fsp3) is 0.350. The Kier molecular flexibility index (Phi) is 7.48. The molecule has 2 aromatic carbocycles. The summed E-state index contributed by atoms with van der Waals surface area (Å²) < 4.78 is 34.1. The Labute approximate surface area is 174 Å². The number of methoxy groups -OCH3 is 1. The highest BCUT2D eigenvalue weighted by atomic mass is 79.9. The van der Waals surface area contributed by atoms with Crippen molar-refractivity contribution in [2.24, 2.45) is 5.92 Å². The molecule has 152 valence electrons. The number of carbonyl (C=O) groups excluding carboxylic acids is 1. The number of nitrogens with zero attached hydrogens (tertiary/aromatic N) is 1. The predicted octanol–water partition coefficient (Wildman–Crippen LogP) is 4.09. The summed E-state index contributed by atoms with van der Waals surface area (Å²) in [5, 5.41) is 0. The molecule has 0 fully saturated rings. The molecule has 2 rings (SSSR count). The number of benzene rings is 2. The van der Waals surface area contributed by atoms with Crippen LogP contribution in [0.1, 0.15) is 29.8 Å². The maximum atomic E-state index is 13.0. The maximum Gasteiger partial charge on any atom is 0.306 e. The molecule has 6 nitrogen and oxygen atoms in total.